The van der Waals surface area contributed by atoms with Crippen molar-refractivity contribution >= 4 is 5.78 Å². The monoisotopic (exact) mass is 265 g/mol. The SMILES string of the molecule is COc1cnn(C(C)C)c1C(=O)C1CCCCCN1. The Morgan fingerprint density at radius 2 is 2.26 bits per heavy atom. The number of Topliss-reactive ketones (excluding diaryl/α,β-unsaturated/α-hetero) is 1. The van der Waals surface area contributed by atoms with Crippen molar-refractivity contribution < 1.29 is 9.53 Å². The van der Waals surface area contributed by atoms with Gasteiger partial charge in [0.2, 0.25) is 5.78 Å². The van der Waals surface area contributed by atoms with Gasteiger partial charge in [-0.1, -0.05) is 12.8 Å². The van der Waals surface area contributed by atoms with E-state index in [9.17, 15) is 4.79 Å². The van der Waals surface area contributed by atoms with Gasteiger partial charge in [-0.15, -0.1) is 0 Å². The van der Waals surface area contributed by atoms with Gasteiger partial charge in [0.1, 0.15) is 5.69 Å². The molecule has 2 rings (SSSR count). The highest BCUT2D eigenvalue weighted by Crippen LogP contribution is 2.24. The van der Waals surface area contributed by atoms with Crippen LogP contribution in [-0.4, -0.2) is 35.3 Å². The van der Waals surface area contributed by atoms with E-state index in [1.54, 1.807) is 18.0 Å². The molecule has 5 heteroatoms. The number of hydrogen-bond acceptors (Lipinski definition) is 4. The Morgan fingerprint density at radius 1 is 1.47 bits per heavy atom. The molecule has 19 heavy (non-hydrogen) atoms. The van der Waals surface area contributed by atoms with E-state index < -0.39 is 0 Å². The first-order valence-corrected chi connectivity index (χ1v) is 7.04. The molecule has 1 fully saturated rings. The van der Waals surface area contributed by atoms with Gasteiger partial charge < -0.3 is 10.1 Å². The molecule has 0 spiro atoms. The largest absolute Gasteiger partial charge is 0.493 e. The number of carbonyl (C=O) groups excluding carboxylic acids is 1. The first kappa shape index (κ1) is 14.1. The van der Waals surface area contributed by atoms with Crippen LogP contribution in [0.4, 0.5) is 0 Å². The Balaban J connectivity index is 2.28. The number of methoxy groups -OCH3 is 1. The van der Waals surface area contributed by atoms with Gasteiger partial charge in [0.05, 0.1) is 19.3 Å². The lowest BCUT2D eigenvalue weighted by Gasteiger charge is -2.17. The summed E-state index contributed by atoms with van der Waals surface area (Å²) < 4.78 is 7.05. The van der Waals surface area contributed by atoms with Crippen LogP contribution >= 0.6 is 0 Å². The van der Waals surface area contributed by atoms with Crippen molar-refractivity contribution in [3.8, 4) is 5.75 Å². The lowest BCUT2D eigenvalue weighted by atomic mass is 10.0. The summed E-state index contributed by atoms with van der Waals surface area (Å²) >= 11 is 0. The molecule has 0 radical (unpaired) electrons. The minimum atomic E-state index is -0.106. The maximum Gasteiger partial charge on any atom is 0.201 e. The Kier molecular flexibility index (Phi) is 4.58. The summed E-state index contributed by atoms with van der Waals surface area (Å²) in [5.74, 6) is 0.676. The molecule has 0 amide bonds. The minimum absolute atomic E-state index is 0.102. The van der Waals surface area contributed by atoms with E-state index >= 15 is 0 Å². The molecule has 5 nitrogen and oxygen atoms in total. The van der Waals surface area contributed by atoms with Crippen molar-refractivity contribution in [2.24, 2.45) is 0 Å². The summed E-state index contributed by atoms with van der Waals surface area (Å²) in [4.78, 5) is 12.7. The highest BCUT2D eigenvalue weighted by molar-refractivity contribution is 6.01. The Hall–Kier alpha value is -1.36. The summed E-state index contributed by atoms with van der Waals surface area (Å²) in [6.07, 6.45) is 5.96. The summed E-state index contributed by atoms with van der Waals surface area (Å²) in [6, 6.07) is 0.0410. The molecule has 1 aromatic heterocycles. The van der Waals surface area contributed by atoms with Crippen LogP contribution in [0.3, 0.4) is 0 Å². The van der Waals surface area contributed by atoms with E-state index in [1.807, 2.05) is 13.8 Å². The number of ether oxygens (including phenoxy) is 1. The van der Waals surface area contributed by atoms with Gasteiger partial charge in [0.25, 0.3) is 0 Å². The van der Waals surface area contributed by atoms with Gasteiger partial charge in [-0.2, -0.15) is 5.10 Å². The predicted octanol–water partition coefficient (Wildman–Crippen LogP) is 2.19. The van der Waals surface area contributed by atoms with Crippen molar-refractivity contribution in [1.29, 1.82) is 0 Å². The van der Waals surface area contributed by atoms with Gasteiger partial charge in [-0.05, 0) is 33.2 Å². The number of nitrogens with one attached hydrogen (secondary N) is 1. The smallest absolute Gasteiger partial charge is 0.201 e. The second kappa shape index (κ2) is 6.19. The number of carbonyl (C=O) groups is 1. The van der Waals surface area contributed by atoms with E-state index in [1.165, 1.54) is 6.42 Å². The van der Waals surface area contributed by atoms with Crippen LogP contribution in [-0.2, 0) is 0 Å². The second-order valence-corrected chi connectivity index (χ2v) is 5.32. The van der Waals surface area contributed by atoms with Crippen LogP contribution in [0.5, 0.6) is 5.75 Å². The van der Waals surface area contributed by atoms with E-state index in [0.29, 0.717) is 11.4 Å². The molecule has 1 saturated heterocycles. The Labute approximate surface area is 114 Å². The third kappa shape index (κ3) is 2.97. The predicted molar refractivity (Wildman–Crippen MR) is 73.8 cm³/mol. The van der Waals surface area contributed by atoms with Gasteiger partial charge in [-0.25, -0.2) is 0 Å². The van der Waals surface area contributed by atoms with E-state index in [2.05, 4.69) is 10.4 Å². The lowest BCUT2D eigenvalue weighted by molar-refractivity contribution is 0.0924. The number of nitrogens with zero attached hydrogens (tertiary/aromatic N) is 2. The maximum atomic E-state index is 12.7. The zero-order valence-corrected chi connectivity index (χ0v) is 12.0. The quantitative estimate of drug-likeness (QED) is 0.848. The molecule has 0 saturated carbocycles. The van der Waals surface area contributed by atoms with Gasteiger partial charge in [0, 0.05) is 6.04 Å². The van der Waals surface area contributed by atoms with E-state index in [0.717, 1.165) is 25.8 Å². The number of ketones is 1. The summed E-state index contributed by atoms with van der Waals surface area (Å²) in [5.41, 5.74) is 0.594. The van der Waals surface area contributed by atoms with E-state index in [4.69, 9.17) is 4.74 Å². The van der Waals surface area contributed by atoms with Crippen molar-refractivity contribution in [3.63, 3.8) is 0 Å². The van der Waals surface area contributed by atoms with Crippen molar-refractivity contribution in [3.05, 3.63) is 11.9 Å². The number of rotatable bonds is 4. The Morgan fingerprint density at radius 3 is 2.95 bits per heavy atom. The zero-order chi connectivity index (χ0) is 13.8. The summed E-state index contributed by atoms with van der Waals surface area (Å²) in [5, 5.41) is 7.61. The molecule has 1 aromatic rings. The second-order valence-electron chi connectivity index (χ2n) is 5.32. The van der Waals surface area contributed by atoms with Crippen molar-refractivity contribution in [1.82, 2.24) is 15.1 Å². The zero-order valence-electron chi connectivity index (χ0n) is 12.0. The average Bonchev–Trinajstić information content (AvgIpc) is 2.64. The number of hydrogen-bond donors (Lipinski definition) is 1. The van der Waals surface area contributed by atoms with Crippen LogP contribution in [0.2, 0.25) is 0 Å². The third-order valence-electron chi connectivity index (χ3n) is 3.58. The van der Waals surface area contributed by atoms with Crippen LogP contribution < -0.4 is 10.1 Å². The molecular formula is C14H23N3O2. The van der Waals surface area contributed by atoms with Gasteiger partial charge in [-0.3, -0.25) is 9.48 Å². The molecule has 0 bridgehead atoms. The van der Waals surface area contributed by atoms with E-state index in [-0.39, 0.29) is 17.9 Å². The lowest BCUT2D eigenvalue weighted by Crippen LogP contribution is -2.37. The van der Waals surface area contributed by atoms with Crippen LogP contribution in [0, 0.1) is 0 Å². The average molecular weight is 265 g/mol. The highest BCUT2D eigenvalue weighted by Gasteiger charge is 2.28. The molecule has 1 N–H and O–H groups in total. The first-order valence-electron chi connectivity index (χ1n) is 7.04. The summed E-state index contributed by atoms with van der Waals surface area (Å²) in [6.45, 7) is 4.95. The molecule has 1 aliphatic rings. The van der Waals surface area contributed by atoms with Crippen LogP contribution in [0.15, 0.2) is 6.20 Å². The first-order chi connectivity index (χ1) is 9.15. The normalized spacial score (nSPS) is 20.3. The molecule has 106 valence electrons. The topological polar surface area (TPSA) is 56.2 Å². The Bertz CT molecular complexity index is 432. The fourth-order valence-electron chi connectivity index (χ4n) is 2.54. The minimum Gasteiger partial charge on any atom is -0.493 e. The van der Waals surface area contributed by atoms with Gasteiger partial charge in [0.15, 0.2) is 5.75 Å². The fourth-order valence-corrected chi connectivity index (χ4v) is 2.54. The van der Waals surface area contributed by atoms with Crippen LogP contribution in [0.1, 0.15) is 56.1 Å². The van der Waals surface area contributed by atoms with Gasteiger partial charge >= 0.3 is 0 Å². The molecule has 1 aliphatic heterocycles. The molecule has 1 atom stereocenters. The van der Waals surface area contributed by atoms with Crippen molar-refractivity contribution in [2.45, 2.75) is 51.6 Å². The third-order valence-corrected chi connectivity index (χ3v) is 3.58. The van der Waals surface area contributed by atoms with Crippen LogP contribution in [0.25, 0.3) is 0 Å². The molecule has 0 aromatic carbocycles. The maximum absolute atomic E-state index is 12.7. The molecule has 2 heterocycles. The molecule has 0 aliphatic carbocycles. The fraction of sp³-hybridized carbons (Fsp3) is 0.714. The standard InChI is InChI=1S/C14H23N3O2/c1-10(2)17-13(12(19-3)9-16-17)14(18)11-7-5-4-6-8-15-11/h9-11,15H,4-8H2,1-3H3. The molecular weight excluding hydrogens is 242 g/mol. The summed E-state index contributed by atoms with van der Waals surface area (Å²) in [7, 11) is 1.58. The molecule has 1 unspecified atom stereocenters. The highest BCUT2D eigenvalue weighted by atomic mass is 16.5. The number of aromatic nitrogens is 2. The van der Waals surface area contributed by atoms with Crippen molar-refractivity contribution in [2.75, 3.05) is 13.7 Å².